The highest BCUT2D eigenvalue weighted by molar-refractivity contribution is 7.88. The lowest BCUT2D eigenvalue weighted by molar-refractivity contribution is 0.196. The molecule has 0 saturated carbocycles. The monoisotopic (exact) mass is 273 g/mol. The predicted octanol–water partition coefficient (Wildman–Crippen LogP) is 0.635. The summed E-state index contributed by atoms with van der Waals surface area (Å²) >= 11 is 0. The molecule has 1 aromatic carbocycles. The van der Waals surface area contributed by atoms with E-state index < -0.39 is 10.0 Å². The Morgan fingerprint density at radius 1 is 1.22 bits per heavy atom. The lowest BCUT2D eigenvalue weighted by Gasteiger charge is -2.07. The molecule has 0 fully saturated rings. The summed E-state index contributed by atoms with van der Waals surface area (Å²) in [5.74, 6) is -0.0499. The van der Waals surface area contributed by atoms with Gasteiger partial charge in [0.15, 0.2) is 0 Å². The standard InChI is InChI=1S/C12H19NO4S/c1-17-8-2-7-13-18(15,16)10-12-5-3-11(9-14)4-6-12/h3-6,13-14H,2,7-10H2,1H3. The molecule has 6 heteroatoms. The van der Waals surface area contributed by atoms with Crippen molar-refractivity contribution in [2.24, 2.45) is 0 Å². The van der Waals surface area contributed by atoms with E-state index >= 15 is 0 Å². The van der Waals surface area contributed by atoms with Crippen LogP contribution in [0.3, 0.4) is 0 Å². The van der Waals surface area contributed by atoms with Crippen LogP contribution in [0.25, 0.3) is 0 Å². The molecule has 0 atom stereocenters. The van der Waals surface area contributed by atoms with Crippen molar-refractivity contribution < 1.29 is 18.3 Å². The van der Waals surface area contributed by atoms with Gasteiger partial charge in [-0.15, -0.1) is 0 Å². The SMILES string of the molecule is COCCCNS(=O)(=O)Cc1ccc(CO)cc1. The summed E-state index contributed by atoms with van der Waals surface area (Å²) in [4.78, 5) is 0. The third-order valence-electron chi connectivity index (χ3n) is 2.41. The number of rotatable bonds is 8. The minimum atomic E-state index is -3.30. The lowest BCUT2D eigenvalue weighted by atomic mass is 10.2. The van der Waals surface area contributed by atoms with Crippen molar-refractivity contribution in [1.29, 1.82) is 0 Å². The Kier molecular flexibility index (Phi) is 6.28. The van der Waals surface area contributed by atoms with Gasteiger partial charge in [0.05, 0.1) is 12.4 Å². The van der Waals surface area contributed by atoms with Gasteiger partial charge in [-0.2, -0.15) is 0 Å². The molecule has 0 saturated heterocycles. The number of hydrogen-bond donors (Lipinski definition) is 2. The molecule has 102 valence electrons. The van der Waals surface area contributed by atoms with Crippen molar-refractivity contribution in [3.8, 4) is 0 Å². The van der Waals surface area contributed by atoms with Crippen molar-refractivity contribution in [3.05, 3.63) is 35.4 Å². The first-order valence-corrected chi connectivity index (χ1v) is 7.37. The molecular formula is C12H19NO4S. The molecule has 0 amide bonds. The predicted molar refractivity (Wildman–Crippen MR) is 69.5 cm³/mol. The molecule has 0 aromatic heterocycles. The maximum Gasteiger partial charge on any atom is 0.215 e. The fraction of sp³-hybridized carbons (Fsp3) is 0.500. The van der Waals surface area contributed by atoms with Crippen LogP contribution in [0.2, 0.25) is 0 Å². The summed E-state index contributed by atoms with van der Waals surface area (Å²) < 4.78 is 30.8. The van der Waals surface area contributed by atoms with Gasteiger partial charge >= 0.3 is 0 Å². The van der Waals surface area contributed by atoms with Gasteiger partial charge in [-0.3, -0.25) is 0 Å². The van der Waals surface area contributed by atoms with Crippen LogP contribution in [0.15, 0.2) is 24.3 Å². The fourth-order valence-corrected chi connectivity index (χ4v) is 2.64. The van der Waals surface area contributed by atoms with Crippen LogP contribution in [-0.4, -0.2) is 33.8 Å². The van der Waals surface area contributed by atoms with E-state index in [0.717, 1.165) is 5.56 Å². The quantitative estimate of drug-likeness (QED) is 0.681. The summed E-state index contributed by atoms with van der Waals surface area (Å²) in [5.41, 5.74) is 1.47. The van der Waals surface area contributed by atoms with Crippen LogP contribution < -0.4 is 4.72 Å². The summed E-state index contributed by atoms with van der Waals surface area (Å²) in [6, 6.07) is 6.85. The average molecular weight is 273 g/mol. The average Bonchev–Trinajstić information content (AvgIpc) is 2.35. The Bertz CT molecular complexity index is 442. The molecular weight excluding hydrogens is 254 g/mol. The minimum Gasteiger partial charge on any atom is -0.392 e. The second-order valence-electron chi connectivity index (χ2n) is 3.97. The van der Waals surface area contributed by atoms with Crippen LogP contribution in [0.5, 0.6) is 0 Å². The van der Waals surface area contributed by atoms with Gasteiger partial charge < -0.3 is 9.84 Å². The van der Waals surface area contributed by atoms with Crippen LogP contribution in [0, 0.1) is 0 Å². The zero-order chi connectivity index (χ0) is 13.4. The van der Waals surface area contributed by atoms with Gasteiger partial charge in [0, 0.05) is 20.3 Å². The first kappa shape index (κ1) is 15.1. The summed E-state index contributed by atoms with van der Waals surface area (Å²) in [6.07, 6.45) is 0.652. The number of methoxy groups -OCH3 is 1. The second kappa shape index (κ2) is 7.48. The third-order valence-corrected chi connectivity index (χ3v) is 3.77. The van der Waals surface area contributed by atoms with E-state index in [0.29, 0.717) is 25.1 Å². The molecule has 0 aliphatic heterocycles. The molecule has 2 N–H and O–H groups in total. The molecule has 1 aromatic rings. The first-order chi connectivity index (χ1) is 8.57. The van der Waals surface area contributed by atoms with Crippen molar-refractivity contribution in [1.82, 2.24) is 4.72 Å². The van der Waals surface area contributed by atoms with Crippen LogP contribution >= 0.6 is 0 Å². The minimum absolute atomic E-state index is 0.0394. The van der Waals surface area contributed by atoms with Gasteiger partial charge in [-0.25, -0.2) is 13.1 Å². The maximum atomic E-state index is 11.7. The van der Waals surface area contributed by atoms with E-state index in [1.807, 2.05) is 0 Å². The summed E-state index contributed by atoms with van der Waals surface area (Å²) in [7, 11) is -1.72. The van der Waals surface area contributed by atoms with E-state index in [1.165, 1.54) is 0 Å². The van der Waals surface area contributed by atoms with Crippen molar-refractivity contribution >= 4 is 10.0 Å². The molecule has 0 aliphatic rings. The first-order valence-electron chi connectivity index (χ1n) is 5.72. The molecule has 18 heavy (non-hydrogen) atoms. The number of hydrogen-bond acceptors (Lipinski definition) is 4. The lowest BCUT2D eigenvalue weighted by Crippen LogP contribution is -2.26. The molecule has 0 unspecified atom stereocenters. The zero-order valence-corrected chi connectivity index (χ0v) is 11.2. The van der Waals surface area contributed by atoms with Gasteiger partial charge in [-0.1, -0.05) is 24.3 Å². The number of sulfonamides is 1. The van der Waals surface area contributed by atoms with Gasteiger partial charge in [0.2, 0.25) is 10.0 Å². The number of benzene rings is 1. The van der Waals surface area contributed by atoms with E-state index in [1.54, 1.807) is 31.4 Å². The fourth-order valence-electron chi connectivity index (χ4n) is 1.46. The molecule has 0 bridgehead atoms. The van der Waals surface area contributed by atoms with Crippen LogP contribution in [0.1, 0.15) is 17.5 Å². The highest BCUT2D eigenvalue weighted by Gasteiger charge is 2.10. The summed E-state index contributed by atoms with van der Waals surface area (Å²) in [6.45, 7) is 0.876. The normalized spacial score (nSPS) is 11.7. The Hall–Kier alpha value is -0.950. The highest BCUT2D eigenvalue weighted by atomic mass is 32.2. The molecule has 0 spiro atoms. The summed E-state index contributed by atoms with van der Waals surface area (Å²) in [5, 5.41) is 8.89. The molecule has 0 aliphatic carbocycles. The van der Waals surface area contributed by atoms with E-state index in [-0.39, 0.29) is 12.4 Å². The van der Waals surface area contributed by atoms with Gasteiger partial charge in [0.1, 0.15) is 0 Å². The molecule has 5 nitrogen and oxygen atoms in total. The molecule has 1 rings (SSSR count). The number of aliphatic hydroxyl groups excluding tert-OH is 1. The smallest absolute Gasteiger partial charge is 0.215 e. The van der Waals surface area contributed by atoms with E-state index in [4.69, 9.17) is 9.84 Å². The van der Waals surface area contributed by atoms with Crippen LogP contribution in [0.4, 0.5) is 0 Å². The Labute approximate surface area is 108 Å². The van der Waals surface area contributed by atoms with Crippen molar-refractivity contribution in [2.45, 2.75) is 18.8 Å². The Morgan fingerprint density at radius 2 is 1.83 bits per heavy atom. The topological polar surface area (TPSA) is 75.6 Å². The molecule has 0 heterocycles. The maximum absolute atomic E-state index is 11.7. The van der Waals surface area contributed by atoms with Crippen LogP contribution in [-0.2, 0) is 27.1 Å². The van der Waals surface area contributed by atoms with Gasteiger partial charge in [-0.05, 0) is 17.5 Å². The second-order valence-corrected chi connectivity index (χ2v) is 5.78. The van der Waals surface area contributed by atoms with Gasteiger partial charge in [0.25, 0.3) is 0 Å². The third kappa shape index (κ3) is 5.59. The Balaban J connectivity index is 2.48. The van der Waals surface area contributed by atoms with E-state index in [2.05, 4.69) is 4.72 Å². The van der Waals surface area contributed by atoms with Crippen molar-refractivity contribution in [2.75, 3.05) is 20.3 Å². The van der Waals surface area contributed by atoms with E-state index in [9.17, 15) is 8.42 Å². The molecule has 0 radical (unpaired) electrons. The number of aliphatic hydroxyl groups is 1. The Morgan fingerprint density at radius 3 is 2.39 bits per heavy atom. The number of nitrogens with one attached hydrogen (secondary N) is 1. The van der Waals surface area contributed by atoms with Crippen molar-refractivity contribution in [3.63, 3.8) is 0 Å². The zero-order valence-electron chi connectivity index (χ0n) is 10.4. The largest absolute Gasteiger partial charge is 0.392 e. The highest BCUT2D eigenvalue weighted by Crippen LogP contribution is 2.07. The number of ether oxygens (including phenoxy) is 1.